The Balaban J connectivity index is 1.51. The van der Waals surface area contributed by atoms with Gasteiger partial charge in [0.2, 0.25) is 5.88 Å². The number of pyridine rings is 1. The van der Waals surface area contributed by atoms with Gasteiger partial charge >= 0.3 is 0 Å². The summed E-state index contributed by atoms with van der Waals surface area (Å²) in [5.41, 5.74) is 0.835. The highest BCUT2D eigenvalue weighted by Crippen LogP contribution is 2.25. The first-order valence-electron chi connectivity index (χ1n) is 9.01. The van der Waals surface area contributed by atoms with Crippen LogP contribution in [0.25, 0.3) is 0 Å². The standard InChI is InChI=1S/C22H21ClN2O4/c1-15(28-20-9-4-3-8-19(20)23)22(26)25-14-16-10-11-21(24-13-16)29-18-7-5-6-17(12-18)27-2/h3-13,15H,14H2,1-2H3,(H,25,26). The van der Waals surface area contributed by atoms with Crippen LogP contribution in [0.3, 0.4) is 0 Å². The number of carbonyl (C=O) groups excluding carboxylic acids is 1. The second-order valence-electron chi connectivity index (χ2n) is 6.19. The van der Waals surface area contributed by atoms with Gasteiger partial charge in [-0.3, -0.25) is 4.79 Å². The maximum Gasteiger partial charge on any atom is 0.261 e. The lowest BCUT2D eigenvalue weighted by atomic mass is 10.2. The third-order valence-electron chi connectivity index (χ3n) is 4.04. The molecule has 1 unspecified atom stereocenters. The van der Waals surface area contributed by atoms with Crippen LogP contribution in [-0.4, -0.2) is 24.1 Å². The molecule has 0 aliphatic carbocycles. The number of rotatable bonds is 8. The smallest absolute Gasteiger partial charge is 0.261 e. The topological polar surface area (TPSA) is 69.7 Å². The van der Waals surface area contributed by atoms with Crippen LogP contribution in [0.4, 0.5) is 0 Å². The minimum atomic E-state index is -0.682. The lowest BCUT2D eigenvalue weighted by molar-refractivity contribution is -0.127. The molecule has 6 nitrogen and oxygen atoms in total. The van der Waals surface area contributed by atoms with Crippen molar-refractivity contribution >= 4 is 17.5 Å². The summed E-state index contributed by atoms with van der Waals surface area (Å²) in [7, 11) is 1.60. The normalized spacial score (nSPS) is 11.4. The molecule has 0 fully saturated rings. The zero-order valence-corrected chi connectivity index (χ0v) is 16.8. The van der Waals surface area contributed by atoms with E-state index in [0.717, 1.165) is 5.56 Å². The molecule has 2 aromatic carbocycles. The molecule has 1 atom stereocenters. The van der Waals surface area contributed by atoms with Crippen LogP contribution in [0.15, 0.2) is 66.9 Å². The molecule has 0 spiro atoms. The van der Waals surface area contributed by atoms with Crippen LogP contribution >= 0.6 is 11.6 Å². The Morgan fingerprint density at radius 3 is 2.62 bits per heavy atom. The van der Waals surface area contributed by atoms with Gasteiger partial charge in [-0.15, -0.1) is 0 Å². The number of aromatic nitrogens is 1. The number of benzene rings is 2. The average Bonchev–Trinajstić information content (AvgIpc) is 2.74. The summed E-state index contributed by atoms with van der Waals surface area (Å²) in [6.45, 7) is 1.99. The lowest BCUT2D eigenvalue weighted by Crippen LogP contribution is -2.35. The molecule has 1 aromatic heterocycles. The Labute approximate surface area is 174 Å². The Morgan fingerprint density at radius 1 is 1.10 bits per heavy atom. The summed E-state index contributed by atoms with van der Waals surface area (Å²) in [6, 6.07) is 17.9. The van der Waals surface area contributed by atoms with Gasteiger partial charge in [-0.25, -0.2) is 4.98 Å². The molecule has 0 aliphatic rings. The van der Waals surface area contributed by atoms with E-state index in [1.165, 1.54) is 0 Å². The summed E-state index contributed by atoms with van der Waals surface area (Å²) >= 11 is 6.05. The van der Waals surface area contributed by atoms with E-state index in [9.17, 15) is 4.79 Å². The van der Waals surface area contributed by atoms with Crippen molar-refractivity contribution in [3.8, 4) is 23.1 Å². The highest BCUT2D eigenvalue weighted by molar-refractivity contribution is 6.32. The third-order valence-corrected chi connectivity index (χ3v) is 4.35. The Kier molecular flexibility index (Phi) is 6.92. The quantitative estimate of drug-likeness (QED) is 0.584. The van der Waals surface area contributed by atoms with E-state index in [1.54, 1.807) is 56.6 Å². The molecule has 0 radical (unpaired) electrons. The van der Waals surface area contributed by atoms with Crippen LogP contribution < -0.4 is 19.5 Å². The molecule has 1 N–H and O–H groups in total. The van der Waals surface area contributed by atoms with Gasteiger partial charge in [0.05, 0.1) is 12.1 Å². The highest BCUT2D eigenvalue weighted by atomic mass is 35.5. The molecule has 7 heteroatoms. The van der Waals surface area contributed by atoms with E-state index >= 15 is 0 Å². The maximum absolute atomic E-state index is 12.3. The van der Waals surface area contributed by atoms with Crippen molar-refractivity contribution in [2.24, 2.45) is 0 Å². The van der Waals surface area contributed by atoms with Crippen molar-refractivity contribution in [3.63, 3.8) is 0 Å². The predicted octanol–water partition coefficient (Wildman–Crippen LogP) is 4.62. The second kappa shape index (κ2) is 9.80. The van der Waals surface area contributed by atoms with Crippen molar-refractivity contribution in [1.29, 1.82) is 0 Å². The van der Waals surface area contributed by atoms with Gasteiger partial charge in [-0.05, 0) is 36.8 Å². The van der Waals surface area contributed by atoms with Crippen molar-refractivity contribution in [1.82, 2.24) is 10.3 Å². The van der Waals surface area contributed by atoms with E-state index in [4.69, 9.17) is 25.8 Å². The van der Waals surface area contributed by atoms with Crippen molar-refractivity contribution in [2.45, 2.75) is 19.6 Å². The Morgan fingerprint density at radius 2 is 1.90 bits per heavy atom. The Bertz CT molecular complexity index is 963. The molecule has 1 heterocycles. The molecule has 0 aliphatic heterocycles. The molecule has 1 amide bonds. The number of nitrogens with zero attached hydrogens (tertiary/aromatic N) is 1. The molecular weight excluding hydrogens is 392 g/mol. The fraction of sp³-hybridized carbons (Fsp3) is 0.182. The first-order valence-corrected chi connectivity index (χ1v) is 9.38. The Hall–Kier alpha value is -3.25. The van der Waals surface area contributed by atoms with E-state index < -0.39 is 6.10 Å². The highest BCUT2D eigenvalue weighted by Gasteiger charge is 2.15. The number of halogens is 1. The number of amides is 1. The molecule has 29 heavy (non-hydrogen) atoms. The monoisotopic (exact) mass is 412 g/mol. The third kappa shape index (κ3) is 5.86. The number of hydrogen-bond acceptors (Lipinski definition) is 5. The lowest BCUT2D eigenvalue weighted by Gasteiger charge is -2.15. The fourth-order valence-electron chi connectivity index (χ4n) is 2.48. The van der Waals surface area contributed by atoms with Crippen LogP contribution in [0.1, 0.15) is 12.5 Å². The SMILES string of the molecule is COc1cccc(Oc2ccc(CNC(=O)C(C)Oc3ccccc3Cl)cn2)c1. The summed E-state index contributed by atoms with van der Waals surface area (Å²) in [5, 5.41) is 3.28. The molecule has 0 bridgehead atoms. The molecule has 0 saturated heterocycles. The zero-order valence-electron chi connectivity index (χ0n) is 16.1. The number of para-hydroxylation sites is 1. The molecule has 3 aromatic rings. The van der Waals surface area contributed by atoms with Crippen molar-refractivity contribution in [3.05, 3.63) is 77.4 Å². The van der Waals surface area contributed by atoms with Crippen molar-refractivity contribution in [2.75, 3.05) is 7.11 Å². The van der Waals surface area contributed by atoms with Gasteiger partial charge in [0.25, 0.3) is 5.91 Å². The van der Waals surface area contributed by atoms with E-state index in [1.807, 2.05) is 24.3 Å². The average molecular weight is 413 g/mol. The number of nitrogens with one attached hydrogen (secondary N) is 1. The van der Waals surface area contributed by atoms with Crippen molar-refractivity contribution < 1.29 is 19.0 Å². The minimum absolute atomic E-state index is 0.248. The summed E-state index contributed by atoms with van der Waals surface area (Å²) < 4.78 is 16.5. The summed E-state index contributed by atoms with van der Waals surface area (Å²) in [5.74, 6) is 2.00. The van der Waals surface area contributed by atoms with Crippen LogP contribution in [0, 0.1) is 0 Å². The summed E-state index contributed by atoms with van der Waals surface area (Å²) in [6.07, 6.45) is 0.966. The molecule has 150 valence electrons. The zero-order chi connectivity index (χ0) is 20.6. The van der Waals surface area contributed by atoms with Crippen LogP contribution in [0.2, 0.25) is 5.02 Å². The number of ether oxygens (including phenoxy) is 3. The first-order chi connectivity index (χ1) is 14.0. The largest absolute Gasteiger partial charge is 0.497 e. The maximum atomic E-state index is 12.3. The second-order valence-corrected chi connectivity index (χ2v) is 6.60. The van der Waals surface area contributed by atoms with Gasteiger partial charge in [-0.2, -0.15) is 0 Å². The van der Waals surface area contributed by atoms with E-state index in [2.05, 4.69) is 10.3 Å². The van der Waals surface area contributed by atoms with Gasteiger partial charge in [0, 0.05) is 24.9 Å². The molecule has 3 rings (SSSR count). The minimum Gasteiger partial charge on any atom is -0.497 e. The van der Waals surface area contributed by atoms with Gasteiger partial charge in [0.1, 0.15) is 17.2 Å². The summed E-state index contributed by atoms with van der Waals surface area (Å²) in [4.78, 5) is 16.5. The van der Waals surface area contributed by atoms with Gasteiger partial charge in [-0.1, -0.05) is 35.9 Å². The predicted molar refractivity (Wildman–Crippen MR) is 111 cm³/mol. The van der Waals surface area contributed by atoms with Gasteiger partial charge in [0.15, 0.2) is 6.10 Å². The van der Waals surface area contributed by atoms with Crippen LogP contribution in [0.5, 0.6) is 23.1 Å². The molecule has 0 saturated carbocycles. The number of methoxy groups -OCH3 is 1. The number of hydrogen-bond donors (Lipinski definition) is 1. The van der Waals surface area contributed by atoms with Crippen LogP contribution in [-0.2, 0) is 11.3 Å². The molecular formula is C22H21ClN2O4. The van der Waals surface area contributed by atoms with Gasteiger partial charge < -0.3 is 19.5 Å². The van der Waals surface area contributed by atoms with E-state index in [0.29, 0.717) is 34.7 Å². The first kappa shape index (κ1) is 20.5. The number of carbonyl (C=O) groups is 1. The fourth-order valence-corrected chi connectivity index (χ4v) is 2.66. The van der Waals surface area contributed by atoms with E-state index in [-0.39, 0.29) is 5.91 Å².